The average Bonchev–Trinajstić information content (AvgIpc) is 3.81. The molecule has 258 valence electrons. The van der Waals surface area contributed by atoms with Gasteiger partial charge in [-0.05, 0) is 88.1 Å². The Morgan fingerprint density at radius 2 is 1.02 bits per heavy atom. The third kappa shape index (κ3) is 5.13. The number of rotatable bonds is 6. The Hall–Kier alpha value is -7.36. The minimum absolute atomic E-state index is 0.864. The number of nitrogens with zero attached hydrogens (tertiary/aromatic N) is 2. The van der Waals surface area contributed by atoms with Gasteiger partial charge in [-0.2, -0.15) is 0 Å². The molecule has 11 aromatic rings. The van der Waals surface area contributed by atoms with Crippen LogP contribution in [0.4, 0.5) is 17.1 Å². The number of para-hydroxylation sites is 5. The lowest BCUT2D eigenvalue weighted by Crippen LogP contribution is -2.10. The maximum atomic E-state index is 6.62. The molecule has 3 nitrogen and oxygen atoms in total. The Kier molecular flexibility index (Phi) is 7.17. The molecule has 0 fully saturated rings. The summed E-state index contributed by atoms with van der Waals surface area (Å²) in [5, 5.41) is 7.19. The SMILES string of the molecule is c1ccc(-n2c3ccccc3c3cccc(-c4ccc(N(c5ccc(-c6ccc7ccccc7c6)cc5)c5cccc6c5oc5ccccc56)cc4)c32)cc1. The second-order valence-corrected chi connectivity index (χ2v) is 14.1. The zero-order valence-corrected chi connectivity index (χ0v) is 29.9. The van der Waals surface area contributed by atoms with Gasteiger partial charge in [-0.3, -0.25) is 0 Å². The molecule has 55 heavy (non-hydrogen) atoms. The fraction of sp³-hybridized carbons (Fsp3) is 0. The van der Waals surface area contributed by atoms with Crippen molar-refractivity contribution < 1.29 is 4.42 Å². The van der Waals surface area contributed by atoms with E-state index in [1.807, 2.05) is 12.1 Å². The fourth-order valence-electron chi connectivity index (χ4n) is 8.39. The summed E-state index contributed by atoms with van der Waals surface area (Å²) >= 11 is 0. The highest BCUT2D eigenvalue weighted by atomic mass is 16.3. The van der Waals surface area contributed by atoms with Crippen molar-refractivity contribution in [3.05, 3.63) is 206 Å². The molecule has 2 heterocycles. The van der Waals surface area contributed by atoms with E-state index < -0.39 is 0 Å². The Morgan fingerprint density at radius 1 is 0.400 bits per heavy atom. The molecule has 0 atom stereocenters. The summed E-state index contributed by atoms with van der Waals surface area (Å²) in [6, 6.07) is 73.9. The number of furan rings is 1. The normalized spacial score (nSPS) is 11.6. The second-order valence-electron chi connectivity index (χ2n) is 14.1. The van der Waals surface area contributed by atoms with Crippen molar-refractivity contribution in [2.45, 2.75) is 0 Å². The molecule has 0 bridgehead atoms. The Bertz CT molecular complexity index is 3190. The smallest absolute Gasteiger partial charge is 0.159 e. The van der Waals surface area contributed by atoms with Crippen LogP contribution < -0.4 is 4.90 Å². The van der Waals surface area contributed by atoms with Gasteiger partial charge in [-0.1, -0.05) is 146 Å². The molecular formula is C52H34N2O. The maximum absolute atomic E-state index is 6.62. The van der Waals surface area contributed by atoms with Gasteiger partial charge in [-0.15, -0.1) is 0 Å². The highest BCUT2D eigenvalue weighted by molar-refractivity contribution is 6.14. The Labute approximate surface area is 318 Å². The summed E-state index contributed by atoms with van der Waals surface area (Å²) in [4.78, 5) is 2.32. The van der Waals surface area contributed by atoms with Crippen LogP contribution in [0.3, 0.4) is 0 Å². The topological polar surface area (TPSA) is 21.3 Å². The summed E-state index contributed by atoms with van der Waals surface area (Å²) < 4.78 is 9.02. The van der Waals surface area contributed by atoms with Gasteiger partial charge in [-0.25, -0.2) is 0 Å². The van der Waals surface area contributed by atoms with Crippen LogP contribution in [0.25, 0.3) is 82.5 Å². The monoisotopic (exact) mass is 702 g/mol. The van der Waals surface area contributed by atoms with Gasteiger partial charge in [0.05, 0.1) is 16.7 Å². The highest BCUT2D eigenvalue weighted by Gasteiger charge is 2.21. The van der Waals surface area contributed by atoms with E-state index >= 15 is 0 Å². The molecule has 0 unspecified atom stereocenters. The van der Waals surface area contributed by atoms with Crippen LogP contribution in [0.5, 0.6) is 0 Å². The molecule has 3 heteroatoms. The van der Waals surface area contributed by atoms with Gasteiger partial charge in [0.1, 0.15) is 5.58 Å². The quantitative estimate of drug-likeness (QED) is 0.172. The van der Waals surface area contributed by atoms with Crippen LogP contribution in [0.1, 0.15) is 0 Å². The minimum Gasteiger partial charge on any atom is -0.454 e. The Balaban J connectivity index is 1.07. The molecular weight excluding hydrogens is 669 g/mol. The molecule has 0 aliphatic carbocycles. The zero-order chi connectivity index (χ0) is 36.3. The first kappa shape index (κ1) is 31.2. The van der Waals surface area contributed by atoms with Gasteiger partial charge in [0.15, 0.2) is 5.58 Å². The zero-order valence-electron chi connectivity index (χ0n) is 29.9. The van der Waals surface area contributed by atoms with E-state index in [-0.39, 0.29) is 0 Å². The van der Waals surface area contributed by atoms with E-state index in [2.05, 4.69) is 204 Å². The van der Waals surface area contributed by atoms with Crippen molar-refractivity contribution in [3.8, 4) is 27.9 Å². The summed E-state index contributed by atoms with van der Waals surface area (Å²) in [5.41, 5.74) is 13.1. The van der Waals surface area contributed by atoms with E-state index in [0.717, 1.165) is 50.3 Å². The second kappa shape index (κ2) is 12.6. The number of hydrogen-bond donors (Lipinski definition) is 0. The fourth-order valence-corrected chi connectivity index (χ4v) is 8.39. The first-order valence-corrected chi connectivity index (χ1v) is 18.8. The lowest BCUT2D eigenvalue weighted by Gasteiger charge is -2.26. The van der Waals surface area contributed by atoms with Gasteiger partial charge >= 0.3 is 0 Å². The van der Waals surface area contributed by atoms with E-state index in [9.17, 15) is 0 Å². The van der Waals surface area contributed by atoms with Crippen LogP contribution in [0, 0.1) is 0 Å². The van der Waals surface area contributed by atoms with Crippen LogP contribution in [-0.2, 0) is 0 Å². The summed E-state index contributed by atoms with van der Waals surface area (Å²) in [6.07, 6.45) is 0. The first-order valence-electron chi connectivity index (χ1n) is 18.8. The highest BCUT2D eigenvalue weighted by Crippen LogP contribution is 2.44. The first-order chi connectivity index (χ1) is 27.3. The lowest BCUT2D eigenvalue weighted by atomic mass is 10.00. The molecule has 0 radical (unpaired) electrons. The van der Waals surface area contributed by atoms with Gasteiger partial charge in [0, 0.05) is 44.2 Å². The van der Waals surface area contributed by atoms with Crippen LogP contribution in [0.15, 0.2) is 211 Å². The predicted molar refractivity (Wildman–Crippen MR) is 231 cm³/mol. The third-order valence-electron chi connectivity index (χ3n) is 11.0. The number of aromatic nitrogens is 1. The van der Waals surface area contributed by atoms with Gasteiger partial charge in [0.2, 0.25) is 0 Å². The standard InChI is InChI=1S/C52H34N2O/c1-2-14-40(15-3-1)54-48-21-8-6-16-44(48)46-19-10-18-43(51(46)54)37-28-32-42(33-29-37)53(49-22-11-20-47-45-17-7-9-23-50(45)55-52(47)49)41-30-26-36(27-31-41)39-25-24-35-12-4-5-13-38(35)34-39/h1-34H. The molecule has 11 rings (SSSR count). The molecule has 0 spiro atoms. The van der Waals surface area contributed by atoms with Crippen LogP contribution >= 0.6 is 0 Å². The number of benzene rings is 9. The van der Waals surface area contributed by atoms with Gasteiger partial charge < -0.3 is 13.9 Å². The van der Waals surface area contributed by atoms with Crippen molar-refractivity contribution >= 4 is 71.6 Å². The van der Waals surface area contributed by atoms with Crippen molar-refractivity contribution in [2.24, 2.45) is 0 Å². The van der Waals surface area contributed by atoms with Crippen molar-refractivity contribution in [2.75, 3.05) is 4.90 Å². The number of anilines is 3. The predicted octanol–water partition coefficient (Wildman–Crippen LogP) is 14.6. The summed E-state index contributed by atoms with van der Waals surface area (Å²) in [5.74, 6) is 0. The summed E-state index contributed by atoms with van der Waals surface area (Å²) in [7, 11) is 0. The molecule has 0 saturated heterocycles. The van der Waals surface area contributed by atoms with Gasteiger partial charge in [0.25, 0.3) is 0 Å². The molecule has 2 aromatic heterocycles. The molecule has 0 aliphatic rings. The van der Waals surface area contributed by atoms with Crippen molar-refractivity contribution in [1.29, 1.82) is 0 Å². The molecule has 9 aromatic carbocycles. The molecule has 0 aliphatic heterocycles. The summed E-state index contributed by atoms with van der Waals surface area (Å²) in [6.45, 7) is 0. The van der Waals surface area contributed by atoms with E-state index in [1.54, 1.807) is 0 Å². The molecule has 0 N–H and O–H groups in total. The maximum Gasteiger partial charge on any atom is 0.159 e. The van der Waals surface area contributed by atoms with Crippen molar-refractivity contribution in [1.82, 2.24) is 4.57 Å². The van der Waals surface area contributed by atoms with Crippen LogP contribution in [-0.4, -0.2) is 4.57 Å². The Morgan fingerprint density at radius 3 is 1.84 bits per heavy atom. The largest absolute Gasteiger partial charge is 0.454 e. The number of fused-ring (bicyclic) bond motifs is 7. The molecule has 0 saturated carbocycles. The van der Waals surface area contributed by atoms with Crippen molar-refractivity contribution in [3.63, 3.8) is 0 Å². The third-order valence-corrected chi connectivity index (χ3v) is 11.0. The molecule has 0 amide bonds. The average molecular weight is 703 g/mol. The minimum atomic E-state index is 0.864. The lowest BCUT2D eigenvalue weighted by molar-refractivity contribution is 0.669. The number of hydrogen-bond acceptors (Lipinski definition) is 2. The van der Waals surface area contributed by atoms with E-state index in [1.165, 1.54) is 49.3 Å². The van der Waals surface area contributed by atoms with Crippen LogP contribution in [0.2, 0.25) is 0 Å². The van der Waals surface area contributed by atoms with E-state index in [0.29, 0.717) is 0 Å². The van der Waals surface area contributed by atoms with E-state index in [4.69, 9.17) is 4.42 Å².